The van der Waals surface area contributed by atoms with Crippen LogP contribution < -0.4 is 0 Å². The van der Waals surface area contributed by atoms with E-state index < -0.39 is 46.7 Å². The molecule has 1 aliphatic heterocycles. The molecule has 1 fully saturated rings. The van der Waals surface area contributed by atoms with E-state index in [9.17, 15) is 22.8 Å². The summed E-state index contributed by atoms with van der Waals surface area (Å²) in [6, 6.07) is -0.545. The van der Waals surface area contributed by atoms with Gasteiger partial charge < -0.3 is 14.7 Å². The van der Waals surface area contributed by atoms with Crippen molar-refractivity contribution in [2.45, 2.75) is 18.9 Å². The molecular weight excluding hydrogens is 291 g/mol. The predicted octanol–water partition coefficient (Wildman–Crippen LogP) is 1.59. The molecule has 0 bridgehead atoms. The standard InChI is InChI=1S/C13H12F3NO4/c1-21-13(20)8-3-2-4-17(8)12(19)6-5-7(14)10(16)11(18)9(6)15/h5,8,18H,2-4H2,1H3. The van der Waals surface area contributed by atoms with Gasteiger partial charge in [-0.25, -0.2) is 13.6 Å². The van der Waals surface area contributed by atoms with Gasteiger partial charge in [0.25, 0.3) is 5.91 Å². The van der Waals surface area contributed by atoms with E-state index in [0.29, 0.717) is 18.9 Å². The SMILES string of the molecule is COC(=O)C1CCCN1C(=O)c1cc(F)c(F)c(O)c1F. The van der Waals surface area contributed by atoms with E-state index in [2.05, 4.69) is 4.74 Å². The van der Waals surface area contributed by atoms with E-state index in [-0.39, 0.29) is 6.54 Å². The molecule has 0 aliphatic carbocycles. The summed E-state index contributed by atoms with van der Waals surface area (Å²) in [5.41, 5.74) is -0.831. The van der Waals surface area contributed by atoms with Crippen LogP contribution in [-0.4, -0.2) is 41.6 Å². The Balaban J connectivity index is 2.39. The number of rotatable bonds is 2. The van der Waals surface area contributed by atoms with Crippen LogP contribution in [0.4, 0.5) is 13.2 Å². The van der Waals surface area contributed by atoms with Gasteiger partial charge in [0.1, 0.15) is 6.04 Å². The van der Waals surface area contributed by atoms with Gasteiger partial charge in [-0.2, -0.15) is 4.39 Å². The minimum Gasteiger partial charge on any atom is -0.503 e. The highest BCUT2D eigenvalue weighted by Crippen LogP contribution is 2.29. The third-order valence-electron chi connectivity index (χ3n) is 3.35. The molecule has 1 unspecified atom stereocenters. The predicted molar refractivity (Wildman–Crippen MR) is 64.1 cm³/mol. The monoisotopic (exact) mass is 303 g/mol. The van der Waals surface area contributed by atoms with Crippen molar-refractivity contribution in [1.82, 2.24) is 4.90 Å². The Morgan fingerprint density at radius 1 is 1.33 bits per heavy atom. The zero-order valence-electron chi connectivity index (χ0n) is 11.0. The van der Waals surface area contributed by atoms with Gasteiger partial charge in [0, 0.05) is 6.54 Å². The van der Waals surface area contributed by atoms with E-state index in [0.717, 1.165) is 12.0 Å². The molecule has 1 N–H and O–H groups in total. The van der Waals surface area contributed by atoms with Crippen LogP contribution in [0, 0.1) is 17.5 Å². The molecule has 0 spiro atoms. The number of nitrogens with zero attached hydrogens (tertiary/aromatic N) is 1. The maximum atomic E-state index is 13.7. The number of esters is 1. The Morgan fingerprint density at radius 2 is 2.00 bits per heavy atom. The van der Waals surface area contributed by atoms with Crippen LogP contribution in [0.25, 0.3) is 0 Å². The summed E-state index contributed by atoms with van der Waals surface area (Å²) >= 11 is 0. The first-order valence-corrected chi connectivity index (χ1v) is 6.13. The lowest BCUT2D eigenvalue weighted by molar-refractivity contribution is -0.145. The highest BCUT2D eigenvalue weighted by atomic mass is 19.2. The average Bonchev–Trinajstić information content (AvgIpc) is 2.96. The first kappa shape index (κ1) is 15.1. The smallest absolute Gasteiger partial charge is 0.328 e. The largest absolute Gasteiger partial charge is 0.503 e. The van der Waals surface area contributed by atoms with Crippen molar-refractivity contribution >= 4 is 11.9 Å². The van der Waals surface area contributed by atoms with Crippen LogP contribution in [0.2, 0.25) is 0 Å². The number of methoxy groups -OCH3 is 1. The molecule has 1 aromatic rings. The number of halogens is 3. The average molecular weight is 303 g/mol. The Hall–Kier alpha value is -2.25. The third-order valence-corrected chi connectivity index (χ3v) is 3.35. The van der Waals surface area contributed by atoms with Gasteiger partial charge >= 0.3 is 5.97 Å². The van der Waals surface area contributed by atoms with Crippen LogP contribution >= 0.6 is 0 Å². The van der Waals surface area contributed by atoms with Gasteiger partial charge in [-0.15, -0.1) is 0 Å². The molecular formula is C13H12F3NO4. The fourth-order valence-electron chi connectivity index (χ4n) is 2.29. The van der Waals surface area contributed by atoms with E-state index in [1.807, 2.05) is 0 Å². The van der Waals surface area contributed by atoms with Crippen molar-refractivity contribution < 1.29 is 32.6 Å². The molecule has 1 amide bonds. The van der Waals surface area contributed by atoms with Crippen molar-refractivity contribution in [3.05, 3.63) is 29.1 Å². The maximum absolute atomic E-state index is 13.7. The van der Waals surface area contributed by atoms with Gasteiger partial charge in [-0.1, -0.05) is 0 Å². The number of hydrogen-bond donors (Lipinski definition) is 1. The molecule has 1 aromatic carbocycles. The maximum Gasteiger partial charge on any atom is 0.328 e. The van der Waals surface area contributed by atoms with Crippen LogP contribution in [0.3, 0.4) is 0 Å². The number of phenolic OH excluding ortho intramolecular Hbond substituents is 1. The van der Waals surface area contributed by atoms with E-state index in [4.69, 9.17) is 5.11 Å². The third kappa shape index (κ3) is 2.53. The van der Waals surface area contributed by atoms with Gasteiger partial charge in [-0.3, -0.25) is 4.79 Å². The summed E-state index contributed by atoms with van der Waals surface area (Å²) in [6.45, 7) is 0.151. The number of carbonyl (C=O) groups is 2. The zero-order valence-corrected chi connectivity index (χ0v) is 11.0. The highest BCUT2D eigenvalue weighted by molar-refractivity contribution is 5.97. The fraction of sp³-hybridized carbons (Fsp3) is 0.385. The van der Waals surface area contributed by atoms with Gasteiger partial charge in [-0.05, 0) is 18.9 Å². The zero-order chi connectivity index (χ0) is 15.7. The Labute approximate surface area is 117 Å². The molecule has 1 saturated heterocycles. The highest BCUT2D eigenvalue weighted by Gasteiger charge is 2.37. The number of phenols is 1. The van der Waals surface area contributed by atoms with Gasteiger partial charge in [0.2, 0.25) is 5.82 Å². The topological polar surface area (TPSA) is 66.8 Å². The van der Waals surface area contributed by atoms with E-state index >= 15 is 0 Å². The Kier molecular flexibility index (Phi) is 4.06. The van der Waals surface area contributed by atoms with Crippen molar-refractivity contribution in [2.24, 2.45) is 0 Å². The Bertz CT molecular complexity index is 606. The molecule has 1 atom stereocenters. The summed E-state index contributed by atoms with van der Waals surface area (Å²) in [6.07, 6.45) is 0.818. The van der Waals surface area contributed by atoms with Crippen molar-refractivity contribution in [3.8, 4) is 5.75 Å². The second kappa shape index (κ2) is 5.63. The van der Waals surface area contributed by atoms with Gasteiger partial charge in [0.05, 0.1) is 12.7 Å². The number of ether oxygens (including phenoxy) is 1. The number of amides is 1. The quantitative estimate of drug-likeness (QED) is 0.665. The van der Waals surface area contributed by atoms with Crippen molar-refractivity contribution in [2.75, 3.05) is 13.7 Å². The molecule has 114 valence electrons. The number of carbonyl (C=O) groups excluding carboxylic acids is 2. The number of benzene rings is 1. The minimum atomic E-state index is -1.77. The van der Waals surface area contributed by atoms with Crippen LogP contribution in [0.15, 0.2) is 6.07 Å². The van der Waals surface area contributed by atoms with Gasteiger partial charge in [0.15, 0.2) is 17.4 Å². The summed E-state index contributed by atoms with van der Waals surface area (Å²) in [5.74, 6) is -8.12. The molecule has 1 heterocycles. The molecule has 1 aliphatic rings. The summed E-state index contributed by atoms with van der Waals surface area (Å²) in [5, 5.41) is 9.13. The summed E-state index contributed by atoms with van der Waals surface area (Å²) < 4.78 is 44.5. The molecule has 8 heteroatoms. The van der Waals surface area contributed by atoms with Crippen LogP contribution in [0.5, 0.6) is 5.75 Å². The lowest BCUT2D eigenvalue weighted by atomic mass is 10.1. The molecule has 2 rings (SSSR count). The van der Waals surface area contributed by atoms with Crippen LogP contribution in [-0.2, 0) is 9.53 Å². The number of aromatic hydroxyl groups is 1. The first-order valence-electron chi connectivity index (χ1n) is 6.13. The summed E-state index contributed by atoms with van der Waals surface area (Å²) in [7, 11) is 1.15. The van der Waals surface area contributed by atoms with Crippen molar-refractivity contribution in [3.63, 3.8) is 0 Å². The van der Waals surface area contributed by atoms with E-state index in [1.54, 1.807) is 0 Å². The second-order valence-corrected chi connectivity index (χ2v) is 4.56. The molecule has 0 radical (unpaired) electrons. The lowest BCUT2D eigenvalue weighted by Gasteiger charge is -2.23. The molecule has 21 heavy (non-hydrogen) atoms. The molecule has 5 nitrogen and oxygen atoms in total. The minimum absolute atomic E-state index is 0.151. The first-order chi connectivity index (χ1) is 9.88. The van der Waals surface area contributed by atoms with Crippen molar-refractivity contribution in [1.29, 1.82) is 0 Å². The van der Waals surface area contributed by atoms with E-state index in [1.165, 1.54) is 0 Å². The fourth-order valence-corrected chi connectivity index (χ4v) is 2.29. The normalized spacial score (nSPS) is 17.9. The molecule has 0 aromatic heterocycles. The summed E-state index contributed by atoms with van der Waals surface area (Å²) in [4.78, 5) is 24.7. The second-order valence-electron chi connectivity index (χ2n) is 4.56. The lowest BCUT2D eigenvalue weighted by Crippen LogP contribution is -2.41. The van der Waals surface area contributed by atoms with Crippen LogP contribution in [0.1, 0.15) is 23.2 Å². The number of hydrogen-bond acceptors (Lipinski definition) is 4. The molecule has 0 saturated carbocycles. The number of likely N-dealkylation sites (tertiary alicyclic amines) is 1. The Morgan fingerprint density at radius 3 is 2.62 bits per heavy atom.